The van der Waals surface area contributed by atoms with E-state index in [2.05, 4.69) is 65.6 Å². The highest BCUT2D eigenvalue weighted by Gasteiger charge is 2.24. The zero-order valence-corrected chi connectivity index (χ0v) is 13.7. The van der Waals surface area contributed by atoms with Crippen molar-refractivity contribution in [3.63, 3.8) is 0 Å². The number of hydrogen-bond donors (Lipinski definition) is 0. The van der Waals surface area contributed by atoms with Crippen LogP contribution in [0.4, 0.5) is 0 Å². The Morgan fingerprint density at radius 1 is 0.826 bits per heavy atom. The minimum Gasteiger partial charge on any atom is -0.299 e. The number of Topliss-reactive ketones (excluding diaryl/α,β-unsaturated/α-hetero) is 1. The minimum atomic E-state index is 0.219. The Balaban J connectivity index is 1.71. The summed E-state index contributed by atoms with van der Waals surface area (Å²) in [6.45, 7) is 2.68. The first-order chi connectivity index (χ1) is 11.3. The zero-order chi connectivity index (χ0) is 15.9. The third-order valence-electron chi connectivity index (χ3n) is 4.66. The zero-order valence-electron chi connectivity index (χ0n) is 13.7. The molecular formula is C21H25NO. The molecule has 0 amide bonds. The van der Waals surface area contributed by atoms with Gasteiger partial charge in [0.15, 0.2) is 0 Å². The lowest BCUT2D eigenvalue weighted by atomic mass is 9.87. The molecule has 3 rings (SSSR count). The molecule has 0 radical (unpaired) electrons. The molecule has 2 nitrogen and oxygen atoms in total. The van der Waals surface area contributed by atoms with Gasteiger partial charge in [0.2, 0.25) is 0 Å². The summed E-state index contributed by atoms with van der Waals surface area (Å²) in [6.07, 6.45) is 4.10. The number of benzene rings is 2. The largest absolute Gasteiger partial charge is 0.299 e. The number of ketones is 1. The van der Waals surface area contributed by atoms with Crippen molar-refractivity contribution in [3.8, 4) is 0 Å². The Bertz CT molecular complexity index is 567. The molecule has 0 saturated heterocycles. The van der Waals surface area contributed by atoms with Gasteiger partial charge < -0.3 is 0 Å². The maximum Gasteiger partial charge on any atom is 0.137 e. The molecule has 2 aromatic rings. The molecule has 1 atom stereocenters. The molecule has 120 valence electrons. The molecule has 0 aromatic heterocycles. The van der Waals surface area contributed by atoms with Crippen molar-refractivity contribution < 1.29 is 4.79 Å². The molecule has 1 fully saturated rings. The van der Waals surface area contributed by atoms with Crippen LogP contribution < -0.4 is 0 Å². The average molecular weight is 307 g/mol. The van der Waals surface area contributed by atoms with E-state index in [4.69, 9.17) is 0 Å². The predicted octanol–water partition coefficient (Wildman–Crippen LogP) is 4.45. The van der Waals surface area contributed by atoms with Gasteiger partial charge in [-0.1, -0.05) is 67.1 Å². The van der Waals surface area contributed by atoms with E-state index >= 15 is 0 Å². The first kappa shape index (κ1) is 15.9. The normalized spacial score (nSPS) is 18.3. The fourth-order valence-electron chi connectivity index (χ4n) is 3.43. The highest BCUT2D eigenvalue weighted by atomic mass is 16.1. The molecule has 0 spiro atoms. The summed E-state index contributed by atoms with van der Waals surface area (Å²) in [5, 5.41) is 0. The predicted molar refractivity (Wildman–Crippen MR) is 94.0 cm³/mol. The molecule has 1 aliphatic carbocycles. The molecule has 1 aliphatic rings. The van der Waals surface area contributed by atoms with Crippen molar-refractivity contribution in [2.75, 3.05) is 6.54 Å². The fraction of sp³-hybridized carbons (Fsp3) is 0.381. The summed E-state index contributed by atoms with van der Waals surface area (Å²) in [5.41, 5.74) is 2.62. The first-order valence-electron chi connectivity index (χ1n) is 8.64. The Hall–Kier alpha value is -1.93. The molecule has 1 saturated carbocycles. The number of carbonyl (C=O) groups excluding carboxylic acids is 1. The number of hydrogen-bond acceptors (Lipinski definition) is 2. The Morgan fingerprint density at radius 3 is 1.91 bits per heavy atom. The molecule has 0 unspecified atom stereocenters. The smallest absolute Gasteiger partial charge is 0.137 e. The molecule has 23 heavy (non-hydrogen) atoms. The Labute approximate surface area is 139 Å². The highest BCUT2D eigenvalue weighted by molar-refractivity contribution is 5.81. The van der Waals surface area contributed by atoms with Gasteiger partial charge >= 0.3 is 0 Å². The molecule has 2 heteroatoms. The van der Waals surface area contributed by atoms with Crippen LogP contribution in [0.5, 0.6) is 0 Å². The van der Waals surface area contributed by atoms with Gasteiger partial charge in [-0.25, -0.2) is 0 Å². The molecule has 0 N–H and O–H groups in total. The van der Waals surface area contributed by atoms with Crippen LogP contribution in [0, 0.1) is 5.92 Å². The van der Waals surface area contributed by atoms with E-state index in [1.54, 1.807) is 0 Å². The lowest BCUT2D eigenvalue weighted by Crippen LogP contribution is -2.34. The maximum atomic E-state index is 12.2. The summed E-state index contributed by atoms with van der Waals surface area (Å²) < 4.78 is 0. The van der Waals surface area contributed by atoms with Crippen LogP contribution in [-0.4, -0.2) is 17.2 Å². The van der Waals surface area contributed by atoms with Gasteiger partial charge in [-0.05, 0) is 24.0 Å². The third kappa shape index (κ3) is 4.77. The van der Waals surface area contributed by atoms with E-state index in [1.807, 2.05) is 0 Å². The number of nitrogens with zero attached hydrogens (tertiary/aromatic N) is 1. The van der Waals surface area contributed by atoms with Gasteiger partial charge in [-0.15, -0.1) is 0 Å². The summed E-state index contributed by atoms with van der Waals surface area (Å²) in [4.78, 5) is 14.6. The van der Waals surface area contributed by atoms with Crippen LogP contribution >= 0.6 is 0 Å². The van der Waals surface area contributed by atoms with E-state index in [1.165, 1.54) is 17.5 Å². The van der Waals surface area contributed by atoms with E-state index in [0.717, 1.165) is 38.9 Å². The second-order valence-corrected chi connectivity index (χ2v) is 6.55. The van der Waals surface area contributed by atoms with Crippen LogP contribution in [0.2, 0.25) is 0 Å². The fourth-order valence-corrected chi connectivity index (χ4v) is 3.43. The third-order valence-corrected chi connectivity index (χ3v) is 4.66. The maximum absolute atomic E-state index is 12.2. The Morgan fingerprint density at radius 2 is 1.39 bits per heavy atom. The number of rotatable bonds is 6. The van der Waals surface area contributed by atoms with Crippen LogP contribution in [0.3, 0.4) is 0 Å². The van der Waals surface area contributed by atoms with E-state index in [9.17, 15) is 4.79 Å². The lowest BCUT2D eigenvalue weighted by Gasteiger charge is -2.29. The number of carbonyl (C=O) groups is 1. The van der Waals surface area contributed by atoms with Gasteiger partial charge in [0.25, 0.3) is 0 Å². The van der Waals surface area contributed by atoms with Crippen molar-refractivity contribution in [2.24, 2.45) is 5.92 Å². The molecule has 0 bridgehead atoms. The summed E-state index contributed by atoms with van der Waals surface area (Å²) in [5.74, 6) is 0.679. The van der Waals surface area contributed by atoms with E-state index < -0.39 is 0 Å². The minimum absolute atomic E-state index is 0.219. The van der Waals surface area contributed by atoms with Gasteiger partial charge in [0, 0.05) is 32.0 Å². The Kier molecular flexibility index (Phi) is 5.60. The standard InChI is InChI=1S/C21H25NO/c23-21-14-8-7-13-20(21)17-22(15-18-9-3-1-4-10-18)16-19-11-5-2-6-12-19/h1-6,9-12,20H,7-8,13-17H2/t20-/m0/s1. The van der Waals surface area contributed by atoms with E-state index in [0.29, 0.717) is 5.78 Å². The van der Waals surface area contributed by atoms with Gasteiger partial charge in [0.1, 0.15) is 5.78 Å². The van der Waals surface area contributed by atoms with E-state index in [-0.39, 0.29) is 5.92 Å². The quantitative estimate of drug-likeness (QED) is 0.786. The van der Waals surface area contributed by atoms with Crippen LogP contribution in [0.15, 0.2) is 60.7 Å². The molecule has 2 aromatic carbocycles. The average Bonchev–Trinajstić information content (AvgIpc) is 2.59. The highest BCUT2D eigenvalue weighted by Crippen LogP contribution is 2.23. The molecular weight excluding hydrogens is 282 g/mol. The molecule has 0 heterocycles. The monoisotopic (exact) mass is 307 g/mol. The van der Waals surface area contributed by atoms with Gasteiger partial charge in [-0.3, -0.25) is 9.69 Å². The first-order valence-corrected chi connectivity index (χ1v) is 8.64. The summed E-state index contributed by atoms with van der Waals surface area (Å²) >= 11 is 0. The SMILES string of the molecule is O=C1CCCC[C@H]1CN(Cc1ccccc1)Cc1ccccc1. The van der Waals surface area contributed by atoms with Crippen LogP contribution in [-0.2, 0) is 17.9 Å². The van der Waals surface area contributed by atoms with Crippen molar-refractivity contribution in [2.45, 2.75) is 38.8 Å². The van der Waals surface area contributed by atoms with Crippen molar-refractivity contribution in [3.05, 3.63) is 71.8 Å². The summed E-state index contributed by atoms with van der Waals surface area (Å²) in [7, 11) is 0. The lowest BCUT2D eigenvalue weighted by molar-refractivity contribution is -0.125. The molecule has 0 aliphatic heterocycles. The van der Waals surface area contributed by atoms with Gasteiger partial charge in [0.05, 0.1) is 0 Å². The second-order valence-electron chi connectivity index (χ2n) is 6.55. The van der Waals surface area contributed by atoms with Crippen LogP contribution in [0.1, 0.15) is 36.8 Å². The van der Waals surface area contributed by atoms with Gasteiger partial charge in [-0.2, -0.15) is 0 Å². The topological polar surface area (TPSA) is 20.3 Å². The second kappa shape index (κ2) is 8.07. The van der Waals surface area contributed by atoms with Crippen molar-refractivity contribution in [1.29, 1.82) is 0 Å². The summed E-state index contributed by atoms with van der Waals surface area (Å²) in [6, 6.07) is 21.1. The van der Waals surface area contributed by atoms with Crippen LogP contribution in [0.25, 0.3) is 0 Å². The van der Waals surface area contributed by atoms with Crippen molar-refractivity contribution >= 4 is 5.78 Å². The van der Waals surface area contributed by atoms with Crippen molar-refractivity contribution in [1.82, 2.24) is 4.90 Å².